The second-order valence-corrected chi connectivity index (χ2v) is 5.08. The summed E-state index contributed by atoms with van der Waals surface area (Å²) in [6, 6.07) is 0.337. The predicted octanol–water partition coefficient (Wildman–Crippen LogP) is 1.27. The van der Waals surface area contributed by atoms with Gasteiger partial charge in [-0.15, -0.1) is 10.2 Å². The Labute approximate surface area is 102 Å². The molecule has 5 heteroatoms. The lowest BCUT2D eigenvalue weighted by molar-refractivity contribution is 0.117. The lowest BCUT2D eigenvalue weighted by atomic mass is 9.86. The van der Waals surface area contributed by atoms with Crippen molar-refractivity contribution in [1.82, 2.24) is 15.5 Å². The SMILES string of the molecule is CCc1nnc(CN[C@H]2CCC[C@]2(C)CO)o1. The Kier molecular flexibility index (Phi) is 3.79. The van der Waals surface area contributed by atoms with Gasteiger partial charge in [-0.3, -0.25) is 0 Å². The molecule has 96 valence electrons. The predicted molar refractivity (Wildman–Crippen MR) is 63.3 cm³/mol. The normalized spacial score (nSPS) is 28.8. The topological polar surface area (TPSA) is 71.2 Å². The van der Waals surface area contributed by atoms with Crippen molar-refractivity contribution in [3.63, 3.8) is 0 Å². The number of hydrogen-bond donors (Lipinski definition) is 2. The fourth-order valence-electron chi connectivity index (χ4n) is 2.48. The maximum absolute atomic E-state index is 9.44. The zero-order valence-electron chi connectivity index (χ0n) is 10.6. The smallest absolute Gasteiger partial charge is 0.230 e. The summed E-state index contributed by atoms with van der Waals surface area (Å²) in [6.45, 7) is 4.94. The minimum absolute atomic E-state index is 0.00634. The van der Waals surface area contributed by atoms with Crippen LogP contribution in [0, 0.1) is 5.41 Å². The van der Waals surface area contributed by atoms with E-state index in [0.717, 1.165) is 19.3 Å². The molecule has 2 rings (SSSR count). The number of nitrogens with one attached hydrogen (secondary N) is 1. The van der Waals surface area contributed by atoms with Crippen LogP contribution < -0.4 is 5.32 Å². The van der Waals surface area contributed by atoms with Crippen LogP contribution in [-0.2, 0) is 13.0 Å². The number of aryl methyl sites for hydroxylation is 1. The molecule has 17 heavy (non-hydrogen) atoms. The third-order valence-corrected chi connectivity index (χ3v) is 3.75. The van der Waals surface area contributed by atoms with Gasteiger partial charge in [0, 0.05) is 24.5 Å². The Hall–Kier alpha value is -0.940. The van der Waals surface area contributed by atoms with Crippen LogP contribution in [0.15, 0.2) is 4.42 Å². The molecule has 1 saturated carbocycles. The molecule has 0 amide bonds. The molecule has 0 bridgehead atoms. The maximum Gasteiger partial charge on any atom is 0.230 e. The third-order valence-electron chi connectivity index (χ3n) is 3.75. The van der Waals surface area contributed by atoms with Gasteiger partial charge in [-0.1, -0.05) is 20.3 Å². The van der Waals surface area contributed by atoms with Crippen molar-refractivity contribution in [3.05, 3.63) is 11.8 Å². The molecule has 1 heterocycles. The minimum atomic E-state index is -0.00634. The van der Waals surface area contributed by atoms with E-state index >= 15 is 0 Å². The summed E-state index contributed by atoms with van der Waals surface area (Å²) in [5.41, 5.74) is -0.00634. The summed E-state index contributed by atoms with van der Waals surface area (Å²) in [7, 11) is 0. The molecule has 0 aromatic carbocycles. The average molecular weight is 239 g/mol. The first-order chi connectivity index (χ1) is 8.18. The van der Waals surface area contributed by atoms with Gasteiger partial charge in [0.2, 0.25) is 11.8 Å². The molecule has 1 aromatic rings. The molecule has 5 nitrogen and oxygen atoms in total. The molecule has 2 atom stereocenters. The number of aliphatic hydroxyl groups is 1. The number of aromatic nitrogens is 2. The first kappa shape index (κ1) is 12.5. The summed E-state index contributed by atoms with van der Waals surface area (Å²) in [5.74, 6) is 1.31. The van der Waals surface area contributed by atoms with E-state index in [1.807, 2.05) is 6.92 Å². The van der Waals surface area contributed by atoms with E-state index < -0.39 is 0 Å². The van der Waals surface area contributed by atoms with Gasteiger partial charge >= 0.3 is 0 Å². The zero-order chi connectivity index (χ0) is 12.3. The van der Waals surface area contributed by atoms with Crippen LogP contribution in [0.2, 0.25) is 0 Å². The zero-order valence-corrected chi connectivity index (χ0v) is 10.6. The fraction of sp³-hybridized carbons (Fsp3) is 0.833. The van der Waals surface area contributed by atoms with Crippen molar-refractivity contribution < 1.29 is 9.52 Å². The third kappa shape index (κ3) is 2.66. The van der Waals surface area contributed by atoms with Gasteiger partial charge < -0.3 is 14.8 Å². The van der Waals surface area contributed by atoms with E-state index in [0.29, 0.717) is 24.4 Å². The molecule has 2 N–H and O–H groups in total. The van der Waals surface area contributed by atoms with Crippen molar-refractivity contribution in [2.24, 2.45) is 5.41 Å². The standard InChI is InChI=1S/C12H21N3O2/c1-3-10-14-15-11(17-10)7-13-9-5-4-6-12(9,2)8-16/h9,13,16H,3-8H2,1-2H3/t9-,12+/m0/s1. The molecular weight excluding hydrogens is 218 g/mol. The molecule has 1 aromatic heterocycles. The van der Waals surface area contributed by atoms with Gasteiger partial charge in [0.25, 0.3) is 0 Å². The highest BCUT2D eigenvalue weighted by Crippen LogP contribution is 2.37. The van der Waals surface area contributed by atoms with Crippen LogP contribution in [-0.4, -0.2) is 28.0 Å². The lowest BCUT2D eigenvalue weighted by Gasteiger charge is -2.29. The van der Waals surface area contributed by atoms with E-state index in [1.54, 1.807) is 0 Å². The Morgan fingerprint density at radius 2 is 2.24 bits per heavy atom. The molecule has 0 spiro atoms. The number of rotatable bonds is 5. The van der Waals surface area contributed by atoms with Crippen LogP contribution in [0.4, 0.5) is 0 Å². The largest absolute Gasteiger partial charge is 0.424 e. The summed E-state index contributed by atoms with van der Waals surface area (Å²) < 4.78 is 5.45. The van der Waals surface area contributed by atoms with Crippen molar-refractivity contribution in [3.8, 4) is 0 Å². The molecular formula is C12H21N3O2. The molecule has 0 aliphatic heterocycles. The van der Waals surface area contributed by atoms with Gasteiger partial charge in [-0.05, 0) is 12.8 Å². The number of aliphatic hydroxyl groups excluding tert-OH is 1. The second-order valence-electron chi connectivity index (χ2n) is 5.08. The first-order valence-electron chi connectivity index (χ1n) is 6.33. The van der Waals surface area contributed by atoms with Gasteiger partial charge in [-0.2, -0.15) is 0 Å². The van der Waals surface area contributed by atoms with Gasteiger partial charge in [-0.25, -0.2) is 0 Å². The van der Waals surface area contributed by atoms with Crippen LogP contribution in [0.1, 0.15) is 44.9 Å². The highest BCUT2D eigenvalue weighted by molar-refractivity contribution is 4.94. The molecule has 0 radical (unpaired) electrons. The average Bonchev–Trinajstić information content (AvgIpc) is 2.94. The van der Waals surface area contributed by atoms with E-state index in [-0.39, 0.29) is 12.0 Å². The number of nitrogens with zero attached hydrogens (tertiary/aromatic N) is 2. The van der Waals surface area contributed by atoms with E-state index in [4.69, 9.17) is 4.42 Å². The van der Waals surface area contributed by atoms with Crippen LogP contribution in [0.5, 0.6) is 0 Å². The molecule has 1 aliphatic carbocycles. The van der Waals surface area contributed by atoms with Crippen molar-refractivity contribution >= 4 is 0 Å². The van der Waals surface area contributed by atoms with Crippen LogP contribution in [0.25, 0.3) is 0 Å². The van der Waals surface area contributed by atoms with Gasteiger partial charge in [0.1, 0.15) is 0 Å². The van der Waals surface area contributed by atoms with Crippen LogP contribution in [0.3, 0.4) is 0 Å². The summed E-state index contributed by atoms with van der Waals surface area (Å²) in [5, 5.41) is 20.8. The Morgan fingerprint density at radius 3 is 2.88 bits per heavy atom. The second kappa shape index (κ2) is 5.14. The van der Waals surface area contributed by atoms with Crippen molar-refractivity contribution in [2.75, 3.05) is 6.61 Å². The van der Waals surface area contributed by atoms with Crippen molar-refractivity contribution in [1.29, 1.82) is 0 Å². The maximum atomic E-state index is 9.44. The van der Waals surface area contributed by atoms with E-state index in [9.17, 15) is 5.11 Å². The Morgan fingerprint density at radius 1 is 1.47 bits per heavy atom. The molecule has 0 saturated heterocycles. The Balaban J connectivity index is 1.89. The highest BCUT2D eigenvalue weighted by atomic mass is 16.4. The fourth-order valence-corrected chi connectivity index (χ4v) is 2.48. The van der Waals surface area contributed by atoms with E-state index in [2.05, 4.69) is 22.4 Å². The number of hydrogen-bond acceptors (Lipinski definition) is 5. The lowest BCUT2D eigenvalue weighted by Crippen LogP contribution is -2.41. The molecule has 0 unspecified atom stereocenters. The highest BCUT2D eigenvalue weighted by Gasteiger charge is 2.37. The Bertz CT molecular complexity index is 366. The summed E-state index contributed by atoms with van der Waals surface area (Å²) >= 11 is 0. The van der Waals surface area contributed by atoms with Crippen LogP contribution >= 0.6 is 0 Å². The quantitative estimate of drug-likeness (QED) is 0.809. The van der Waals surface area contributed by atoms with E-state index in [1.165, 1.54) is 6.42 Å². The molecule has 1 fully saturated rings. The molecule has 1 aliphatic rings. The van der Waals surface area contributed by atoms with Gasteiger partial charge in [0.15, 0.2) is 0 Å². The first-order valence-corrected chi connectivity index (χ1v) is 6.33. The summed E-state index contributed by atoms with van der Waals surface area (Å²) in [6.07, 6.45) is 4.11. The van der Waals surface area contributed by atoms with Crippen molar-refractivity contribution in [2.45, 2.75) is 52.1 Å². The summed E-state index contributed by atoms with van der Waals surface area (Å²) in [4.78, 5) is 0. The van der Waals surface area contributed by atoms with Gasteiger partial charge in [0.05, 0.1) is 6.54 Å². The minimum Gasteiger partial charge on any atom is -0.424 e. The monoisotopic (exact) mass is 239 g/mol.